The predicted octanol–water partition coefficient (Wildman–Crippen LogP) is 6.05. The maximum Gasteiger partial charge on any atom is 0.337 e. The number of para-hydroxylation sites is 1. The lowest BCUT2D eigenvalue weighted by Gasteiger charge is -2.16. The molecule has 1 aromatic heterocycles. The molecule has 0 aliphatic rings. The number of rotatable bonds is 5. The van der Waals surface area contributed by atoms with Crippen molar-refractivity contribution in [1.82, 2.24) is 9.78 Å². The largest absolute Gasteiger partial charge is 0.478 e. The first-order valence-electron chi connectivity index (χ1n) is 9.87. The van der Waals surface area contributed by atoms with Gasteiger partial charge in [0.1, 0.15) is 11.6 Å². The molecule has 2 N–H and O–H groups in total. The molecular weight excluding hydrogens is 393 g/mol. The molecule has 6 heteroatoms. The van der Waals surface area contributed by atoms with Crippen LogP contribution in [-0.4, -0.2) is 20.9 Å². The maximum atomic E-state index is 13.6. The van der Waals surface area contributed by atoms with Crippen molar-refractivity contribution in [1.29, 1.82) is 0 Å². The van der Waals surface area contributed by atoms with Gasteiger partial charge in [-0.05, 0) is 62.2 Å². The number of benzene rings is 3. The van der Waals surface area contributed by atoms with E-state index >= 15 is 0 Å². The SMILES string of the molecule is Cc1ccc(Nc2c(-c3ccc(F)cc3)c(C)nn2-c2ccccc2C)c(C(=O)O)c1. The van der Waals surface area contributed by atoms with E-state index in [1.807, 2.05) is 51.1 Å². The Bertz CT molecular complexity index is 1280. The zero-order chi connectivity index (χ0) is 22.1. The highest BCUT2D eigenvalue weighted by atomic mass is 19.1. The van der Waals surface area contributed by atoms with Gasteiger partial charge in [-0.25, -0.2) is 13.9 Å². The summed E-state index contributed by atoms with van der Waals surface area (Å²) >= 11 is 0. The number of aryl methyl sites for hydroxylation is 3. The fraction of sp³-hybridized carbons (Fsp3) is 0.120. The fourth-order valence-corrected chi connectivity index (χ4v) is 3.65. The minimum absolute atomic E-state index is 0.167. The molecule has 156 valence electrons. The van der Waals surface area contributed by atoms with Crippen LogP contribution >= 0.6 is 0 Å². The molecule has 0 spiro atoms. The lowest BCUT2D eigenvalue weighted by molar-refractivity contribution is 0.0698. The van der Waals surface area contributed by atoms with Crippen LogP contribution in [0.4, 0.5) is 15.9 Å². The smallest absolute Gasteiger partial charge is 0.337 e. The zero-order valence-electron chi connectivity index (χ0n) is 17.5. The molecule has 0 saturated heterocycles. The number of hydrogen-bond donors (Lipinski definition) is 2. The zero-order valence-corrected chi connectivity index (χ0v) is 17.5. The highest BCUT2D eigenvalue weighted by Gasteiger charge is 2.21. The third-order valence-electron chi connectivity index (χ3n) is 5.20. The van der Waals surface area contributed by atoms with Gasteiger partial charge in [0, 0.05) is 5.56 Å². The van der Waals surface area contributed by atoms with E-state index in [2.05, 4.69) is 5.32 Å². The van der Waals surface area contributed by atoms with Crippen LogP contribution in [0.25, 0.3) is 16.8 Å². The molecule has 4 rings (SSSR count). The van der Waals surface area contributed by atoms with Crippen LogP contribution in [0.3, 0.4) is 0 Å². The second kappa shape index (κ2) is 8.07. The Kier molecular flexibility index (Phi) is 5.29. The average Bonchev–Trinajstić information content (AvgIpc) is 3.06. The van der Waals surface area contributed by atoms with Crippen LogP contribution < -0.4 is 5.32 Å². The number of hydrogen-bond acceptors (Lipinski definition) is 3. The average molecular weight is 415 g/mol. The second-order valence-corrected chi connectivity index (χ2v) is 7.49. The third-order valence-corrected chi connectivity index (χ3v) is 5.20. The Hall–Kier alpha value is -3.93. The van der Waals surface area contributed by atoms with Crippen molar-refractivity contribution in [3.63, 3.8) is 0 Å². The van der Waals surface area contributed by atoms with Gasteiger partial charge in [-0.1, -0.05) is 42.0 Å². The first-order chi connectivity index (χ1) is 14.8. The van der Waals surface area contributed by atoms with E-state index in [4.69, 9.17) is 5.10 Å². The molecule has 0 radical (unpaired) electrons. The van der Waals surface area contributed by atoms with Gasteiger partial charge in [0.05, 0.1) is 22.6 Å². The van der Waals surface area contributed by atoms with E-state index in [9.17, 15) is 14.3 Å². The summed E-state index contributed by atoms with van der Waals surface area (Å²) in [6.07, 6.45) is 0. The van der Waals surface area contributed by atoms with Crippen molar-refractivity contribution in [2.75, 3.05) is 5.32 Å². The Morgan fingerprint density at radius 2 is 1.71 bits per heavy atom. The fourth-order valence-electron chi connectivity index (χ4n) is 3.65. The van der Waals surface area contributed by atoms with Crippen molar-refractivity contribution in [2.24, 2.45) is 0 Å². The van der Waals surface area contributed by atoms with Gasteiger partial charge in [-0.15, -0.1) is 0 Å². The number of nitrogens with one attached hydrogen (secondary N) is 1. The number of halogens is 1. The number of anilines is 2. The van der Waals surface area contributed by atoms with Crippen LogP contribution in [0.15, 0.2) is 66.7 Å². The Balaban J connectivity index is 1.96. The number of carbonyl (C=O) groups is 1. The molecule has 4 aromatic rings. The minimum atomic E-state index is -1.02. The topological polar surface area (TPSA) is 67.2 Å². The summed E-state index contributed by atoms with van der Waals surface area (Å²) < 4.78 is 15.3. The van der Waals surface area contributed by atoms with E-state index in [-0.39, 0.29) is 11.4 Å². The van der Waals surface area contributed by atoms with E-state index in [0.717, 1.165) is 33.6 Å². The normalized spacial score (nSPS) is 10.8. The molecule has 31 heavy (non-hydrogen) atoms. The molecule has 3 aromatic carbocycles. The van der Waals surface area contributed by atoms with E-state index in [1.165, 1.54) is 12.1 Å². The Morgan fingerprint density at radius 1 is 1.00 bits per heavy atom. The maximum absolute atomic E-state index is 13.6. The summed E-state index contributed by atoms with van der Waals surface area (Å²) in [5.74, 6) is -0.730. The summed E-state index contributed by atoms with van der Waals surface area (Å²) in [5, 5.41) is 17.8. The first kappa shape index (κ1) is 20.3. The third kappa shape index (κ3) is 3.92. The van der Waals surface area contributed by atoms with Crippen molar-refractivity contribution in [3.8, 4) is 16.8 Å². The lowest BCUT2D eigenvalue weighted by atomic mass is 10.0. The number of carboxylic acid groups (broad SMARTS) is 1. The molecule has 0 amide bonds. The van der Waals surface area contributed by atoms with Crippen LogP contribution in [0.5, 0.6) is 0 Å². The molecule has 0 bridgehead atoms. The van der Waals surface area contributed by atoms with Crippen LogP contribution in [0.2, 0.25) is 0 Å². The van der Waals surface area contributed by atoms with E-state index < -0.39 is 5.97 Å². The highest BCUT2D eigenvalue weighted by molar-refractivity contribution is 5.96. The molecular formula is C25H22FN3O2. The van der Waals surface area contributed by atoms with Gasteiger partial charge in [-0.3, -0.25) is 0 Å². The van der Waals surface area contributed by atoms with Crippen molar-refractivity contribution < 1.29 is 14.3 Å². The summed E-state index contributed by atoms with van der Waals surface area (Å²) in [7, 11) is 0. The number of aromatic carboxylic acids is 1. The molecule has 0 unspecified atom stereocenters. The number of nitrogens with zero attached hydrogens (tertiary/aromatic N) is 2. The molecule has 1 heterocycles. The van der Waals surface area contributed by atoms with Crippen LogP contribution in [0, 0.1) is 26.6 Å². The van der Waals surface area contributed by atoms with Gasteiger partial charge in [0.25, 0.3) is 0 Å². The molecule has 0 atom stereocenters. The van der Waals surface area contributed by atoms with Crippen molar-refractivity contribution in [3.05, 3.63) is 94.9 Å². The van der Waals surface area contributed by atoms with Gasteiger partial charge < -0.3 is 10.4 Å². The summed E-state index contributed by atoms with van der Waals surface area (Å²) in [4.78, 5) is 11.9. The van der Waals surface area contributed by atoms with Crippen molar-refractivity contribution in [2.45, 2.75) is 20.8 Å². The van der Waals surface area contributed by atoms with Gasteiger partial charge in [-0.2, -0.15) is 5.10 Å². The van der Waals surface area contributed by atoms with Crippen LogP contribution in [-0.2, 0) is 0 Å². The molecule has 5 nitrogen and oxygen atoms in total. The molecule has 0 saturated carbocycles. The van der Waals surface area contributed by atoms with Gasteiger partial charge >= 0.3 is 5.97 Å². The van der Waals surface area contributed by atoms with Crippen LogP contribution in [0.1, 0.15) is 27.2 Å². The highest BCUT2D eigenvalue weighted by Crippen LogP contribution is 2.36. The molecule has 0 aliphatic carbocycles. The summed E-state index contributed by atoms with van der Waals surface area (Å²) in [6.45, 7) is 5.72. The standard InChI is InChI=1S/C25H22FN3O2/c1-15-8-13-21(20(14-15)25(30)31)27-24-23(18-9-11-19(26)12-10-18)17(3)28-29(24)22-7-5-4-6-16(22)2/h4-14,27H,1-3H3,(H,30,31). The van der Waals surface area contributed by atoms with Gasteiger partial charge in [0.2, 0.25) is 0 Å². The van der Waals surface area contributed by atoms with Gasteiger partial charge in [0.15, 0.2) is 0 Å². The van der Waals surface area contributed by atoms with E-state index in [1.54, 1.807) is 28.9 Å². The Morgan fingerprint density at radius 3 is 2.39 bits per heavy atom. The monoisotopic (exact) mass is 415 g/mol. The summed E-state index contributed by atoms with van der Waals surface area (Å²) in [6, 6.07) is 19.2. The van der Waals surface area contributed by atoms with E-state index in [0.29, 0.717) is 11.5 Å². The summed E-state index contributed by atoms with van der Waals surface area (Å²) in [5.41, 5.74) is 5.65. The second-order valence-electron chi connectivity index (χ2n) is 7.49. The van der Waals surface area contributed by atoms with Crippen molar-refractivity contribution >= 4 is 17.5 Å². The quantitative estimate of drug-likeness (QED) is 0.417. The lowest BCUT2D eigenvalue weighted by Crippen LogP contribution is -2.08. The predicted molar refractivity (Wildman–Crippen MR) is 120 cm³/mol. The number of aromatic nitrogens is 2. The minimum Gasteiger partial charge on any atom is -0.478 e. The molecule has 0 fully saturated rings. The Labute approximate surface area is 179 Å². The number of carboxylic acids is 1. The molecule has 0 aliphatic heterocycles. The first-order valence-corrected chi connectivity index (χ1v) is 9.87.